The van der Waals surface area contributed by atoms with Crippen molar-refractivity contribution in [2.24, 2.45) is 7.05 Å². The number of carbonyl (C=O) groups excluding carboxylic acids is 1. The van der Waals surface area contributed by atoms with E-state index in [0.717, 1.165) is 23.0 Å². The second-order valence-electron chi connectivity index (χ2n) is 6.76. The first kappa shape index (κ1) is 19.9. The minimum atomic E-state index is -4.37. The topological polar surface area (TPSA) is 54.3 Å². The zero-order chi connectivity index (χ0) is 20.3. The Hall–Kier alpha value is -2.80. The monoisotopic (exact) mass is 390 g/mol. The van der Waals surface area contributed by atoms with E-state index in [1.807, 2.05) is 42.1 Å². The molecule has 7 heteroatoms. The number of alkyl halides is 3. The molecule has 0 aliphatic carbocycles. The molecule has 0 bridgehead atoms. The lowest BCUT2D eigenvalue weighted by molar-refractivity contribution is -0.137. The van der Waals surface area contributed by atoms with Crippen LogP contribution in [0, 0.1) is 0 Å². The van der Waals surface area contributed by atoms with Crippen molar-refractivity contribution in [2.75, 3.05) is 6.54 Å². The number of nitrogens with zero attached hydrogens (tertiary/aromatic N) is 1. The molecular weight excluding hydrogens is 369 g/mol. The van der Waals surface area contributed by atoms with Gasteiger partial charge in [-0.3, -0.25) is 4.79 Å². The molecule has 0 spiro atoms. The SMILES string of the molecule is Cn1ccc2cc([C@@H](O)CNC(=O)CCc3ccc(C(F)(F)F)cc3)ccc21. The Labute approximate surface area is 160 Å². The number of hydrogen-bond donors (Lipinski definition) is 2. The molecule has 1 heterocycles. The number of aromatic nitrogens is 1. The summed E-state index contributed by atoms with van der Waals surface area (Å²) in [5.74, 6) is -0.264. The number of hydrogen-bond acceptors (Lipinski definition) is 2. The summed E-state index contributed by atoms with van der Waals surface area (Å²) in [7, 11) is 1.94. The molecule has 0 unspecified atom stereocenters. The average molecular weight is 390 g/mol. The highest BCUT2D eigenvalue weighted by molar-refractivity contribution is 5.81. The van der Waals surface area contributed by atoms with Crippen LogP contribution in [0.2, 0.25) is 0 Å². The summed E-state index contributed by atoms with van der Waals surface area (Å²) in [5, 5.41) is 14.0. The lowest BCUT2D eigenvalue weighted by Crippen LogP contribution is -2.28. The van der Waals surface area contributed by atoms with Crippen LogP contribution in [-0.4, -0.2) is 22.1 Å². The van der Waals surface area contributed by atoms with Gasteiger partial charge >= 0.3 is 6.18 Å². The number of rotatable bonds is 6. The van der Waals surface area contributed by atoms with Crippen molar-refractivity contribution in [3.05, 3.63) is 71.4 Å². The number of halogens is 3. The van der Waals surface area contributed by atoms with E-state index in [1.165, 1.54) is 12.1 Å². The summed E-state index contributed by atoms with van der Waals surface area (Å²) in [5.41, 5.74) is 1.70. The van der Waals surface area contributed by atoms with Gasteiger partial charge in [-0.25, -0.2) is 0 Å². The van der Waals surface area contributed by atoms with E-state index in [1.54, 1.807) is 0 Å². The Morgan fingerprint density at radius 1 is 1.14 bits per heavy atom. The lowest BCUT2D eigenvalue weighted by atomic mass is 10.1. The number of aliphatic hydroxyl groups excluding tert-OH is 1. The summed E-state index contributed by atoms with van der Waals surface area (Å²) in [6.45, 7) is 0.0736. The second kappa shape index (κ2) is 8.06. The molecule has 3 aromatic rings. The predicted molar refractivity (Wildman–Crippen MR) is 101 cm³/mol. The van der Waals surface area contributed by atoms with E-state index < -0.39 is 17.8 Å². The average Bonchev–Trinajstić information content (AvgIpc) is 3.04. The first-order valence-corrected chi connectivity index (χ1v) is 8.90. The highest BCUT2D eigenvalue weighted by Crippen LogP contribution is 2.29. The molecule has 1 atom stereocenters. The number of aliphatic hydroxyl groups is 1. The van der Waals surface area contributed by atoms with Gasteiger partial charge < -0.3 is 15.0 Å². The van der Waals surface area contributed by atoms with E-state index in [4.69, 9.17) is 0 Å². The molecule has 2 N–H and O–H groups in total. The number of carbonyl (C=O) groups is 1. The van der Waals surface area contributed by atoms with Crippen LogP contribution in [0.3, 0.4) is 0 Å². The van der Waals surface area contributed by atoms with Crippen LogP contribution in [0.1, 0.15) is 29.2 Å². The predicted octanol–water partition coefficient (Wildman–Crippen LogP) is 3.98. The maximum absolute atomic E-state index is 12.5. The summed E-state index contributed by atoms with van der Waals surface area (Å²) in [6.07, 6.45) is -2.80. The Morgan fingerprint density at radius 3 is 2.54 bits per heavy atom. The summed E-state index contributed by atoms with van der Waals surface area (Å²) < 4.78 is 39.6. The third kappa shape index (κ3) is 4.72. The fourth-order valence-corrected chi connectivity index (χ4v) is 3.04. The van der Waals surface area contributed by atoms with Crippen LogP contribution >= 0.6 is 0 Å². The fraction of sp³-hybridized carbons (Fsp3) is 0.286. The number of nitrogens with one attached hydrogen (secondary N) is 1. The first-order chi connectivity index (χ1) is 13.2. The third-order valence-corrected chi connectivity index (χ3v) is 4.71. The number of fused-ring (bicyclic) bond motifs is 1. The van der Waals surface area contributed by atoms with Crippen molar-refractivity contribution in [3.63, 3.8) is 0 Å². The van der Waals surface area contributed by atoms with Crippen LogP contribution in [-0.2, 0) is 24.4 Å². The van der Waals surface area contributed by atoms with Gasteiger partial charge in [0.15, 0.2) is 0 Å². The van der Waals surface area contributed by atoms with Crippen molar-refractivity contribution in [1.29, 1.82) is 0 Å². The van der Waals surface area contributed by atoms with Gasteiger partial charge in [-0.2, -0.15) is 13.2 Å². The third-order valence-electron chi connectivity index (χ3n) is 4.71. The number of aryl methyl sites for hydroxylation is 2. The maximum Gasteiger partial charge on any atom is 0.416 e. The fourth-order valence-electron chi connectivity index (χ4n) is 3.04. The van der Waals surface area contributed by atoms with Crippen molar-refractivity contribution in [3.8, 4) is 0 Å². The Kier molecular flexibility index (Phi) is 5.74. The standard InChI is InChI=1S/C21H21F3N2O2/c1-26-11-10-15-12-16(5-8-18(15)26)19(27)13-25-20(28)9-4-14-2-6-17(7-3-14)21(22,23)24/h2-3,5-8,10-12,19,27H,4,9,13H2,1H3,(H,25,28)/t19-/m0/s1. The van der Waals surface area contributed by atoms with Crippen molar-refractivity contribution < 1.29 is 23.1 Å². The van der Waals surface area contributed by atoms with Crippen LogP contribution in [0.5, 0.6) is 0 Å². The largest absolute Gasteiger partial charge is 0.416 e. The minimum Gasteiger partial charge on any atom is -0.387 e. The first-order valence-electron chi connectivity index (χ1n) is 8.90. The summed E-state index contributed by atoms with van der Waals surface area (Å²) in [6, 6.07) is 12.3. The normalized spacial score (nSPS) is 12.9. The molecular formula is C21H21F3N2O2. The molecule has 0 saturated carbocycles. The van der Waals surface area contributed by atoms with Gasteiger partial charge in [-0.15, -0.1) is 0 Å². The quantitative estimate of drug-likeness (QED) is 0.669. The maximum atomic E-state index is 12.5. The molecule has 0 saturated heterocycles. The highest BCUT2D eigenvalue weighted by atomic mass is 19.4. The van der Waals surface area contributed by atoms with Crippen molar-refractivity contribution in [2.45, 2.75) is 25.1 Å². The van der Waals surface area contributed by atoms with E-state index in [2.05, 4.69) is 5.32 Å². The Balaban J connectivity index is 1.49. The van der Waals surface area contributed by atoms with Gasteiger partial charge in [0.1, 0.15) is 0 Å². The van der Waals surface area contributed by atoms with Gasteiger partial charge in [0.05, 0.1) is 11.7 Å². The second-order valence-corrected chi connectivity index (χ2v) is 6.76. The van der Waals surface area contributed by atoms with Gasteiger partial charge in [-0.05, 0) is 53.3 Å². The number of benzene rings is 2. The molecule has 0 radical (unpaired) electrons. The van der Waals surface area contributed by atoms with Crippen LogP contribution in [0.15, 0.2) is 54.7 Å². The molecule has 1 amide bonds. The van der Waals surface area contributed by atoms with Gasteiger partial charge in [0, 0.05) is 31.7 Å². The minimum absolute atomic E-state index is 0.0736. The van der Waals surface area contributed by atoms with E-state index in [-0.39, 0.29) is 18.9 Å². The molecule has 0 aliphatic rings. The van der Waals surface area contributed by atoms with Gasteiger partial charge in [0.2, 0.25) is 5.91 Å². The molecule has 0 aliphatic heterocycles. The zero-order valence-electron chi connectivity index (χ0n) is 15.3. The molecule has 1 aromatic heterocycles. The molecule has 3 rings (SSSR count). The van der Waals surface area contributed by atoms with Gasteiger partial charge in [-0.1, -0.05) is 18.2 Å². The van der Waals surface area contributed by atoms with E-state index in [0.29, 0.717) is 17.5 Å². The molecule has 148 valence electrons. The summed E-state index contributed by atoms with van der Waals surface area (Å²) >= 11 is 0. The van der Waals surface area contributed by atoms with Crippen molar-refractivity contribution >= 4 is 16.8 Å². The summed E-state index contributed by atoms with van der Waals surface area (Å²) in [4.78, 5) is 12.0. The molecule has 0 fully saturated rings. The van der Waals surface area contributed by atoms with Crippen LogP contribution in [0.25, 0.3) is 10.9 Å². The Bertz CT molecular complexity index is 962. The van der Waals surface area contributed by atoms with Gasteiger partial charge in [0.25, 0.3) is 0 Å². The Morgan fingerprint density at radius 2 is 1.86 bits per heavy atom. The lowest BCUT2D eigenvalue weighted by Gasteiger charge is -2.13. The van der Waals surface area contributed by atoms with Crippen LogP contribution < -0.4 is 5.32 Å². The smallest absolute Gasteiger partial charge is 0.387 e. The van der Waals surface area contributed by atoms with E-state index >= 15 is 0 Å². The number of amides is 1. The molecule has 4 nitrogen and oxygen atoms in total. The van der Waals surface area contributed by atoms with E-state index in [9.17, 15) is 23.1 Å². The van der Waals surface area contributed by atoms with Crippen LogP contribution in [0.4, 0.5) is 13.2 Å². The zero-order valence-corrected chi connectivity index (χ0v) is 15.3. The van der Waals surface area contributed by atoms with Crippen molar-refractivity contribution in [1.82, 2.24) is 9.88 Å². The molecule has 2 aromatic carbocycles. The molecule has 28 heavy (non-hydrogen) atoms. The highest BCUT2D eigenvalue weighted by Gasteiger charge is 2.29.